The van der Waals surface area contributed by atoms with Crippen LogP contribution in [0.2, 0.25) is 0 Å². The van der Waals surface area contributed by atoms with Crippen LogP contribution in [0.5, 0.6) is 0 Å². The molecule has 6 heteroatoms. The van der Waals surface area contributed by atoms with E-state index in [4.69, 9.17) is 14.9 Å². The Morgan fingerprint density at radius 3 is 2.18 bits per heavy atom. The molecule has 0 rings (SSSR count). The van der Waals surface area contributed by atoms with Gasteiger partial charge in [-0.15, -0.1) is 6.58 Å². The van der Waals surface area contributed by atoms with Crippen molar-refractivity contribution in [2.24, 2.45) is 0 Å². The molecule has 0 aliphatic heterocycles. The average molecular weight is 250 g/mol. The molecular formula is C11H22O6. The van der Waals surface area contributed by atoms with Crippen LogP contribution in [-0.4, -0.2) is 69.8 Å². The highest BCUT2D eigenvalue weighted by atomic mass is 16.5. The van der Waals surface area contributed by atoms with Crippen molar-refractivity contribution < 1.29 is 30.3 Å². The Labute approximate surface area is 101 Å². The molecule has 17 heavy (non-hydrogen) atoms. The van der Waals surface area contributed by atoms with Gasteiger partial charge >= 0.3 is 0 Å². The molecule has 0 amide bonds. The van der Waals surface area contributed by atoms with Crippen molar-refractivity contribution in [3.8, 4) is 0 Å². The summed E-state index contributed by atoms with van der Waals surface area (Å²) in [6.45, 7) is 3.12. The first-order valence-electron chi connectivity index (χ1n) is 5.56. The molecule has 4 atom stereocenters. The summed E-state index contributed by atoms with van der Waals surface area (Å²) in [4.78, 5) is 0. The van der Waals surface area contributed by atoms with Gasteiger partial charge in [0.05, 0.1) is 13.2 Å². The van der Waals surface area contributed by atoms with Gasteiger partial charge in [0.25, 0.3) is 0 Å². The van der Waals surface area contributed by atoms with E-state index in [1.54, 1.807) is 6.08 Å². The smallest absolute Gasteiger partial charge is 0.111 e. The van der Waals surface area contributed by atoms with Crippen molar-refractivity contribution >= 4 is 0 Å². The SMILES string of the molecule is C=CCCCOCC(O)C(O)C(O)C(O)CO. The molecule has 0 aromatic carbocycles. The van der Waals surface area contributed by atoms with Crippen LogP contribution >= 0.6 is 0 Å². The molecule has 6 nitrogen and oxygen atoms in total. The number of hydrogen-bond acceptors (Lipinski definition) is 6. The molecule has 0 bridgehead atoms. The molecule has 0 aromatic rings. The second kappa shape index (κ2) is 9.52. The standard InChI is InChI=1S/C11H22O6/c1-2-3-4-5-17-7-9(14)11(16)10(15)8(13)6-12/h2,8-16H,1,3-7H2. The van der Waals surface area contributed by atoms with Crippen LogP contribution in [0.3, 0.4) is 0 Å². The van der Waals surface area contributed by atoms with E-state index < -0.39 is 31.0 Å². The minimum absolute atomic E-state index is 0.145. The fourth-order valence-corrected chi connectivity index (χ4v) is 1.20. The lowest BCUT2D eigenvalue weighted by atomic mass is 10.0. The number of unbranched alkanes of at least 4 members (excludes halogenated alkanes) is 1. The summed E-state index contributed by atoms with van der Waals surface area (Å²) in [5.41, 5.74) is 0. The zero-order valence-corrected chi connectivity index (χ0v) is 9.77. The van der Waals surface area contributed by atoms with E-state index in [0.717, 1.165) is 12.8 Å². The highest BCUT2D eigenvalue weighted by Gasteiger charge is 2.29. The second-order valence-electron chi connectivity index (χ2n) is 3.80. The number of hydrogen-bond donors (Lipinski definition) is 5. The first kappa shape index (κ1) is 16.5. The molecule has 0 heterocycles. The summed E-state index contributed by atoms with van der Waals surface area (Å²) < 4.78 is 5.07. The summed E-state index contributed by atoms with van der Waals surface area (Å²) in [5, 5.41) is 45.8. The van der Waals surface area contributed by atoms with Gasteiger partial charge in [-0.2, -0.15) is 0 Å². The molecule has 0 aromatic heterocycles. The van der Waals surface area contributed by atoms with Crippen LogP contribution in [0.4, 0.5) is 0 Å². The van der Waals surface area contributed by atoms with E-state index >= 15 is 0 Å². The second-order valence-corrected chi connectivity index (χ2v) is 3.80. The van der Waals surface area contributed by atoms with Gasteiger partial charge in [-0.25, -0.2) is 0 Å². The number of rotatable bonds is 10. The van der Waals surface area contributed by atoms with Crippen LogP contribution in [0.15, 0.2) is 12.7 Å². The maximum absolute atomic E-state index is 9.44. The number of ether oxygens (including phenoxy) is 1. The quantitative estimate of drug-likeness (QED) is 0.236. The van der Waals surface area contributed by atoms with Crippen LogP contribution in [0, 0.1) is 0 Å². The first-order chi connectivity index (χ1) is 8.04. The van der Waals surface area contributed by atoms with Crippen molar-refractivity contribution in [2.45, 2.75) is 37.3 Å². The molecule has 0 aliphatic carbocycles. The molecule has 0 fully saturated rings. The number of aliphatic hydroxyl groups excluding tert-OH is 5. The highest BCUT2D eigenvalue weighted by molar-refractivity contribution is 4.80. The number of aliphatic hydroxyl groups is 5. The van der Waals surface area contributed by atoms with Crippen LogP contribution < -0.4 is 0 Å². The zero-order chi connectivity index (χ0) is 13.3. The lowest BCUT2D eigenvalue weighted by molar-refractivity contribution is -0.129. The lowest BCUT2D eigenvalue weighted by Gasteiger charge is -2.25. The topological polar surface area (TPSA) is 110 Å². The largest absolute Gasteiger partial charge is 0.394 e. The van der Waals surface area contributed by atoms with Gasteiger partial charge in [-0.1, -0.05) is 6.08 Å². The molecule has 0 spiro atoms. The van der Waals surface area contributed by atoms with Gasteiger partial charge in [0.2, 0.25) is 0 Å². The Morgan fingerprint density at radius 1 is 1.06 bits per heavy atom. The van der Waals surface area contributed by atoms with Crippen molar-refractivity contribution in [3.05, 3.63) is 12.7 Å². The maximum Gasteiger partial charge on any atom is 0.111 e. The summed E-state index contributed by atoms with van der Waals surface area (Å²) in [6, 6.07) is 0. The Hall–Kier alpha value is -0.500. The van der Waals surface area contributed by atoms with Crippen molar-refractivity contribution in [3.63, 3.8) is 0 Å². The summed E-state index contributed by atoms with van der Waals surface area (Å²) in [7, 11) is 0. The predicted molar refractivity (Wildman–Crippen MR) is 61.4 cm³/mol. The summed E-state index contributed by atoms with van der Waals surface area (Å²) in [6.07, 6.45) is -2.66. The van der Waals surface area contributed by atoms with E-state index in [9.17, 15) is 15.3 Å². The summed E-state index contributed by atoms with van der Waals surface area (Å²) in [5.74, 6) is 0. The van der Waals surface area contributed by atoms with Crippen molar-refractivity contribution in [1.82, 2.24) is 0 Å². The average Bonchev–Trinajstić information content (AvgIpc) is 2.35. The Bertz CT molecular complexity index is 198. The predicted octanol–water partition coefficient (Wildman–Crippen LogP) is -1.59. The van der Waals surface area contributed by atoms with Gasteiger partial charge in [-0.05, 0) is 12.8 Å². The van der Waals surface area contributed by atoms with E-state index in [2.05, 4.69) is 6.58 Å². The third kappa shape index (κ3) is 6.72. The third-order valence-electron chi connectivity index (χ3n) is 2.31. The lowest BCUT2D eigenvalue weighted by Crippen LogP contribution is -2.47. The normalized spacial score (nSPS) is 18.4. The number of allylic oxidation sites excluding steroid dienone is 1. The first-order valence-corrected chi connectivity index (χ1v) is 5.56. The van der Waals surface area contributed by atoms with E-state index in [1.807, 2.05) is 0 Å². The van der Waals surface area contributed by atoms with Crippen LogP contribution in [0.25, 0.3) is 0 Å². The van der Waals surface area contributed by atoms with E-state index in [0.29, 0.717) is 6.61 Å². The molecule has 4 unspecified atom stereocenters. The van der Waals surface area contributed by atoms with Gasteiger partial charge in [0.1, 0.15) is 24.4 Å². The zero-order valence-electron chi connectivity index (χ0n) is 9.77. The molecule has 0 radical (unpaired) electrons. The fraction of sp³-hybridized carbons (Fsp3) is 0.818. The minimum Gasteiger partial charge on any atom is -0.394 e. The van der Waals surface area contributed by atoms with Crippen molar-refractivity contribution in [1.29, 1.82) is 0 Å². The molecule has 5 N–H and O–H groups in total. The van der Waals surface area contributed by atoms with E-state index in [-0.39, 0.29) is 6.61 Å². The van der Waals surface area contributed by atoms with E-state index in [1.165, 1.54) is 0 Å². The Kier molecular flexibility index (Phi) is 9.24. The molecule has 0 saturated heterocycles. The Balaban J connectivity index is 3.80. The van der Waals surface area contributed by atoms with Gasteiger partial charge in [0, 0.05) is 6.61 Å². The molecule has 0 saturated carbocycles. The highest BCUT2D eigenvalue weighted by Crippen LogP contribution is 2.05. The van der Waals surface area contributed by atoms with Crippen LogP contribution in [-0.2, 0) is 4.74 Å². The van der Waals surface area contributed by atoms with Crippen LogP contribution in [0.1, 0.15) is 12.8 Å². The van der Waals surface area contributed by atoms with Gasteiger partial charge in [0.15, 0.2) is 0 Å². The summed E-state index contributed by atoms with van der Waals surface area (Å²) >= 11 is 0. The molecule has 0 aliphatic rings. The fourth-order valence-electron chi connectivity index (χ4n) is 1.20. The van der Waals surface area contributed by atoms with Gasteiger partial charge < -0.3 is 30.3 Å². The van der Waals surface area contributed by atoms with Gasteiger partial charge in [-0.3, -0.25) is 0 Å². The Morgan fingerprint density at radius 2 is 1.65 bits per heavy atom. The third-order valence-corrected chi connectivity index (χ3v) is 2.31. The minimum atomic E-state index is -1.60. The maximum atomic E-state index is 9.44. The van der Waals surface area contributed by atoms with Crippen molar-refractivity contribution in [2.75, 3.05) is 19.8 Å². The molecule has 102 valence electrons. The monoisotopic (exact) mass is 250 g/mol. The molecular weight excluding hydrogens is 228 g/mol.